The molecular formula is C21H28F3N4O3+. The van der Waals surface area contributed by atoms with Gasteiger partial charge in [-0.25, -0.2) is 0 Å². The number of alkyl halides is 3. The summed E-state index contributed by atoms with van der Waals surface area (Å²) in [6.07, 6.45) is -1.03. The summed E-state index contributed by atoms with van der Waals surface area (Å²) in [4.78, 5) is 11.4. The molecule has 0 spiro atoms. The third-order valence-corrected chi connectivity index (χ3v) is 6.67. The molecule has 0 unspecified atom stereocenters. The topological polar surface area (TPSA) is 105 Å². The zero-order chi connectivity index (χ0) is 23.3. The number of halogens is 3. The number of hydrogen-bond donors (Lipinski definition) is 4. The van der Waals surface area contributed by atoms with E-state index in [2.05, 4.69) is 16.8 Å². The van der Waals surface area contributed by atoms with Crippen LogP contribution in [0.1, 0.15) is 75.2 Å². The molecule has 1 amide bonds. The number of rotatable bonds is 4. The first-order valence-corrected chi connectivity index (χ1v) is 10.2. The summed E-state index contributed by atoms with van der Waals surface area (Å²) in [5.41, 5.74) is -1.22. The summed E-state index contributed by atoms with van der Waals surface area (Å²) < 4.78 is 39.9. The van der Waals surface area contributed by atoms with Crippen molar-refractivity contribution in [3.63, 3.8) is 0 Å². The molecule has 3 aliphatic rings. The normalized spacial score (nSPS) is 26.3. The van der Waals surface area contributed by atoms with Crippen LogP contribution in [0, 0.1) is 16.7 Å². The minimum atomic E-state index is -4.66. The maximum Gasteiger partial charge on any atom is 0.416 e. The van der Waals surface area contributed by atoms with Crippen LogP contribution in [-0.2, 0) is 6.18 Å². The summed E-state index contributed by atoms with van der Waals surface area (Å²) in [6, 6.07) is 4.88. The van der Waals surface area contributed by atoms with Crippen LogP contribution >= 0.6 is 0 Å². The first-order chi connectivity index (χ1) is 14.1. The van der Waals surface area contributed by atoms with Crippen molar-refractivity contribution in [3.8, 4) is 6.07 Å². The molecule has 31 heavy (non-hydrogen) atoms. The second-order valence-electron chi connectivity index (χ2n) is 9.77. The van der Waals surface area contributed by atoms with Crippen LogP contribution in [0.4, 0.5) is 18.9 Å². The largest absolute Gasteiger partial charge is 0.416 e. The number of amides is 1. The lowest BCUT2D eigenvalue weighted by atomic mass is 9.58. The number of carbonyl (C=O) groups is 1. The zero-order valence-corrected chi connectivity index (χ0v) is 17.8. The maximum absolute atomic E-state index is 13.3. The van der Waals surface area contributed by atoms with Crippen molar-refractivity contribution < 1.29 is 33.3 Å². The van der Waals surface area contributed by atoms with Crippen molar-refractivity contribution in [3.05, 3.63) is 29.3 Å². The van der Waals surface area contributed by atoms with E-state index in [0.29, 0.717) is 44.6 Å². The Labute approximate surface area is 178 Å². The van der Waals surface area contributed by atoms with E-state index in [9.17, 15) is 33.6 Å². The van der Waals surface area contributed by atoms with Gasteiger partial charge in [0.15, 0.2) is 5.54 Å². The molecule has 0 atom stereocenters. The van der Waals surface area contributed by atoms with Gasteiger partial charge in [0.05, 0.1) is 27.5 Å². The number of carbonyl (C=O) groups excluding carboxylic acids is 1. The molecule has 7 nitrogen and oxygen atoms in total. The van der Waals surface area contributed by atoms with Gasteiger partial charge < -0.3 is 5.32 Å². The third kappa shape index (κ3) is 4.49. The maximum atomic E-state index is 13.3. The van der Waals surface area contributed by atoms with Crippen LogP contribution in [0.15, 0.2) is 18.2 Å². The number of hydroxylamine groups is 2. The SMILES string of the molecule is CC(C)(C)[N+](O)(O)Nc1ccc(C(F)(F)F)cc1C(=O)NC12CCC(C#N)(CC1)CC2. The van der Waals surface area contributed by atoms with Gasteiger partial charge in [0.1, 0.15) is 5.69 Å². The van der Waals surface area contributed by atoms with Gasteiger partial charge in [-0.3, -0.25) is 4.79 Å². The Hall–Kier alpha value is -2.35. The number of nitriles is 1. The highest BCUT2D eigenvalue weighted by atomic mass is 19.4. The van der Waals surface area contributed by atoms with Gasteiger partial charge in [-0.1, -0.05) is 0 Å². The molecule has 4 rings (SSSR count). The Morgan fingerprint density at radius 2 is 1.65 bits per heavy atom. The summed E-state index contributed by atoms with van der Waals surface area (Å²) in [7, 11) is 0. The number of hydrogen-bond acceptors (Lipinski definition) is 5. The number of nitrogens with zero attached hydrogens (tertiary/aromatic N) is 2. The number of quaternary nitrogens is 1. The van der Waals surface area contributed by atoms with E-state index in [1.807, 2.05) is 0 Å². The minimum absolute atomic E-state index is 0.139. The Balaban J connectivity index is 1.92. The monoisotopic (exact) mass is 441 g/mol. The number of fused-ring (bicyclic) bond motifs is 3. The first kappa shape index (κ1) is 23.3. The molecule has 0 radical (unpaired) electrons. The van der Waals surface area contributed by atoms with E-state index >= 15 is 0 Å². The molecule has 3 aliphatic carbocycles. The lowest BCUT2D eigenvalue weighted by Gasteiger charge is -2.50. The number of nitrogens with one attached hydrogen (secondary N) is 2. The van der Waals surface area contributed by atoms with E-state index < -0.39 is 33.6 Å². The number of anilines is 1. The summed E-state index contributed by atoms with van der Waals surface area (Å²) in [5.74, 6) is -0.728. The Bertz CT molecular complexity index is 891. The van der Waals surface area contributed by atoms with Crippen LogP contribution in [0.25, 0.3) is 0 Å². The smallest absolute Gasteiger partial charge is 0.347 e. The molecule has 3 fully saturated rings. The van der Waals surface area contributed by atoms with E-state index in [0.717, 1.165) is 12.1 Å². The fourth-order valence-electron chi connectivity index (χ4n) is 4.19. The van der Waals surface area contributed by atoms with Crippen LogP contribution in [-0.4, -0.2) is 32.3 Å². The molecule has 0 aromatic heterocycles. The van der Waals surface area contributed by atoms with Crippen LogP contribution in [0.5, 0.6) is 0 Å². The highest BCUT2D eigenvalue weighted by molar-refractivity contribution is 6.00. The predicted molar refractivity (Wildman–Crippen MR) is 105 cm³/mol. The van der Waals surface area contributed by atoms with E-state index in [1.165, 1.54) is 20.8 Å². The second kappa shape index (κ2) is 7.36. The standard InChI is InChI=1S/C21H27F3N4O3/c1-18(2,3)28(30,31)27-16-5-4-14(21(22,23)24)12-15(16)17(29)26-20-9-6-19(13-25,7-10-20)8-11-20/h4-5,12,30-31H,6-11H2,1-3H3,(H-,26,27,29)/p+1. The molecule has 0 aliphatic heterocycles. The molecule has 2 bridgehead atoms. The molecule has 0 heterocycles. The zero-order valence-electron chi connectivity index (χ0n) is 17.8. The molecule has 170 valence electrons. The van der Waals surface area contributed by atoms with Gasteiger partial charge in [0.2, 0.25) is 0 Å². The third-order valence-electron chi connectivity index (χ3n) is 6.67. The molecule has 4 N–H and O–H groups in total. The van der Waals surface area contributed by atoms with Gasteiger partial charge in [-0.05, 0) is 77.5 Å². The van der Waals surface area contributed by atoms with Gasteiger partial charge in [-0.2, -0.15) is 34.3 Å². The van der Waals surface area contributed by atoms with Crippen molar-refractivity contribution >= 4 is 11.6 Å². The quantitative estimate of drug-likeness (QED) is 0.398. The first-order valence-electron chi connectivity index (χ1n) is 10.2. The van der Waals surface area contributed by atoms with Crippen LogP contribution < -0.4 is 10.7 Å². The van der Waals surface area contributed by atoms with Gasteiger partial charge in [0.25, 0.3) is 5.91 Å². The molecule has 1 aromatic rings. The minimum Gasteiger partial charge on any atom is -0.347 e. The lowest BCUT2D eigenvalue weighted by molar-refractivity contribution is -1.26. The second-order valence-corrected chi connectivity index (χ2v) is 9.77. The molecule has 1 aromatic carbocycles. The summed E-state index contributed by atoms with van der Waals surface area (Å²) in [6.45, 7) is 4.52. The molecular weight excluding hydrogens is 413 g/mol. The fourth-order valence-corrected chi connectivity index (χ4v) is 4.19. The average Bonchev–Trinajstić information content (AvgIpc) is 2.67. The average molecular weight is 441 g/mol. The van der Waals surface area contributed by atoms with Gasteiger partial charge >= 0.3 is 6.18 Å². The van der Waals surface area contributed by atoms with E-state index in [-0.39, 0.29) is 16.7 Å². The fraction of sp³-hybridized carbons (Fsp3) is 0.619. The van der Waals surface area contributed by atoms with Crippen LogP contribution in [0.2, 0.25) is 0 Å². The Morgan fingerprint density at radius 1 is 1.10 bits per heavy atom. The van der Waals surface area contributed by atoms with Crippen molar-refractivity contribution in [1.82, 2.24) is 5.32 Å². The molecule has 10 heteroatoms. The number of benzene rings is 1. The highest BCUT2D eigenvalue weighted by Crippen LogP contribution is 2.52. The summed E-state index contributed by atoms with van der Waals surface area (Å²) in [5, 5.41) is 33.0. The Kier molecular flexibility index (Phi) is 5.54. The van der Waals surface area contributed by atoms with Crippen LogP contribution in [0.3, 0.4) is 0 Å². The Morgan fingerprint density at radius 3 is 2.10 bits per heavy atom. The highest BCUT2D eigenvalue weighted by Gasteiger charge is 2.50. The van der Waals surface area contributed by atoms with Crippen molar-refractivity contribution in [2.24, 2.45) is 5.41 Å². The van der Waals surface area contributed by atoms with Crippen molar-refractivity contribution in [2.45, 2.75) is 76.6 Å². The van der Waals surface area contributed by atoms with Gasteiger partial charge in [0, 0.05) is 5.54 Å². The van der Waals surface area contributed by atoms with Gasteiger partial charge in [-0.15, -0.1) is 0 Å². The lowest BCUT2D eigenvalue weighted by Crippen LogP contribution is -2.59. The van der Waals surface area contributed by atoms with Crippen molar-refractivity contribution in [2.75, 3.05) is 5.43 Å². The molecule has 3 saturated carbocycles. The predicted octanol–water partition coefficient (Wildman–Crippen LogP) is 4.77. The molecule has 0 saturated heterocycles. The summed E-state index contributed by atoms with van der Waals surface area (Å²) >= 11 is 0. The van der Waals surface area contributed by atoms with Crippen molar-refractivity contribution in [1.29, 1.82) is 5.26 Å². The van der Waals surface area contributed by atoms with E-state index in [4.69, 9.17) is 0 Å². The van der Waals surface area contributed by atoms with E-state index in [1.54, 1.807) is 0 Å².